The van der Waals surface area contributed by atoms with Crippen LogP contribution in [0.25, 0.3) is 0 Å². The third-order valence-electron chi connectivity index (χ3n) is 2.44. The summed E-state index contributed by atoms with van der Waals surface area (Å²) < 4.78 is 38.7. The molecule has 1 atom stereocenters. The fraction of sp³-hybridized carbons (Fsp3) is 0.417. The minimum absolute atomic E-state index is 0.109. The van der Waals surface area contributed by atoms with E-state index in [0.717, 1.165) is 0 Å². The predicted molar refractivity (Wildman–Crippen MR) is 63.2 cm³/mol. The number of nitrogens with zero attached hydrogens (tertiary/aromatic N) is 1. The minimum atomic E-state index is -1.58. The second-order valence-electron chi connectivity index (χ2n) is 4.05. The molecule has 0 aliphatic carbocycles. The van der Waals surface area contributed by atoms with Crippen LogP contribution >= 0.6 is 11.6 Å². The number of hydrogen-bond acceptors (Lipinski definition) is 1. The summed E-state index contributed by atoms with van der Waals surface area (Å²) in [4.78, 5) is 13.1. The molecule has 0 saturated carbocycles. The average Bonchev–Trinajstić information content (AvgIpc) is 2.31. The molecule has 1 unspecified atom stereocenters. The molecule has 1 aromatic rings. The summed E-state index contributed by atoms with van der Waals surface area (Å²) in [7, 11) is 1.49. The molecule has 18 heavy (non-hydrogen) atoms. The van der Waals surface area contributed by atoms with Gasteiger partial charge in [0.2, 0.25) is 0 Å². The van der Waals surface area contributed by atoms with Crippen molar-refractivity contribution in [2.75, 3.05) is 13.6 Å². The summed E-state index contributed by atoms with van der Waals surface area (Å²) >= 11 is 5.74. The predicted octanol–water partition coefficient (Wildman–Crippen LogP) is 3.19. The zero-order valence-electron chi connectivity index (χ0n) is 10.0. The van der Waals surface area contributed by atoms with Crippen LogP contribution in [0.4, 0.5) is 13.2 Å². The molecule has 0 bridgehead atoms. The van der Waals surface area contributed by atoms with Crippen molar-refractivity contribution in [1.29, 1.82) is 0 Å². The molecule has 0 N–H and O–H groups in total. The van der Waals surface area contributed by atoms with Gasteiger partial charge in [-0.3, -0.25) is 4.79 Å². The largest absolute Gasteiger partial charge is 0.342 e. The highest BCUT2D eigenvalue weighted by molar-refractivity contribution is 6.20. The normalized spacial score (nSPS) is 12.3. The van der Waals surface area contributed by atoms with Crippen LogP contribution in [0.2, 0.25) is 0 Å². The van der Waals surface area contributed by atoms with Gasteiger partial charge in [-0.25, -0.2) is 13.2 Å². The van der Waals surface area contributed by atoms with Gasteiger partial charge >= 0.3 is 0 Å². The quantitative estimate of drug-likeness (QED) is 0.612. The third kappa shape index (κ3) is 3.63. The summed E-state index contributed by atoms with van der Waals surface area (Å²) in [6.45, 7) is 2.13. The summed E-state index contributed by atoms with van der Waals surface area (Å²) in [5, 5.41) is -0.109. The molecule has 0 aliphatic rings. The Morgan fingerprint density at radius 3 is 2.28 bits per heavy atom. The maximum absolute atomic E-state index is 13.0. The molecule has 0 aromatic heterocycles. The van der Waals surface area contributed by atoms with Crippen molar-refractivity contribution in [3.05, 3.63) is 35.1 Å². The van der Waals surface area contributed by atoms with E-state index < -0.39 is 23.4 Å². The Bertz CT molecular complexity index is 428. The van der Waals surface area contributed by atoms with Crippen molar-refractivity contribution in [2.45, 2.75) is 18.7 Å². The van der Waals surface area contributed by atoms with Crippen LogP contribution in [-0.4, -0.2) is 29.8 Å². The number of benzene rings is 1. The van der Waals surface area contributed by atoms with E-state index in [1.54, 1.807) is 6.92 Å². The molecule has 1 aromatic carbocycles. The molecular formula is C12H13ClF3NO. The van der Waals surface area contributed by atoms with Crippen LogP contribution in [0.1, 0.15) is 23.7 Å². The van der Waals surface area contributed by atoms with E-state index in [1.807, 2.05) is 0 Å². The van der Waals surface area contributed by atoms with Crippen molar-refractivity contribution < 1.29 is 18.0 Å². The molecule has 2 nitrogen and oxygen atoms in total. The Morgan fingerprint density at radius 1 is 1.33 bits per heavy atom. The second-order valence-corrected chi connectivity index (χ2v) is 4.80. The van der Waals surface area contributed by atoms with Crippen molar-refractivity contribution in [2.24, 2.45) is 0 Å². The first-order chi connectivity index (χ1) is 8.32. The summed E-state index contributed by atoms with van der Waals surface area (Å²) in [5.74, 6) is -4.91. The van der Waals surface area contributed by atoms with Gasteiger partial charge in [0.1, 0.15) is 0 Å². The standard InChI is InChI=1S/C12H13ClF3NO/c1-7(13)3-4-17(2)12(18)8-5-9(14)11(16)10(15)6-8/h5-7H,3-4H2,1-2H3. The van der Waals surface area contributed by atoms with Gasteiger partial charge in [-0.05, 0) is 25.5 Å². The fourth-order valence-electron chi connectivity index (χ4n) is 1.37. The third-order valence-corrected chi connectivity index (χ3v) is 2.66. The lowest BCUT2D eigenvalue weighted by molar-refractivity contribution is 0.0792. The number of amides is 1. The smallest absolute Gasteiger partial charge is 0.253 e. The molecule has 0 heterocycles. The number of rotatable bonds is 4. The van der Waals surface area contributed by atoms with E-state index in [1.165, 1.54) is 11.9 Å². The molecule has 0 radical (unpaired) electrons. The van der Waals surface area contributed by atoms with Crippen LogP contribution in [0.5, 0.6) is 0 Å². The molecule has 0 aliphatic heterocycles. The van der Waals surface area contributed by atoms with Crippen molar-refractivity contribution in [1.82, 2.24) is 4.90 Å². The monoisotopic (exact) mass is 279 g/mol. The highest BCUT2D eigenvalue weighted by atomic mass is 35.5. The first-order valence-corrected chi connectivity index (χ1v) is 5.80. The molecule has 100 valence electrons. The number of carbonyl (C=O) groups is 1. The van der Waals surface area contributed by atoms with Crippen LogP contribution in [0.3, 0.4) is 0 Å². The minimum Gasteiger partial charge on any atom is -0.342 e. The van der Waals surface area contributed by atoms with E-state index in [9.17, 15) is 18.0 Å². The highest BCUT2D eigenvalue weighted by Crippen LogP contribution is 2.15. The van der Waals surface area contributed by atoms with E-state index in [0.29, 0.717) is 25.1 Å². The van der Waals surface area contributed by atoms with Gasteiger partial charge in [0.15, 0.2) is 17.5 Å². The SMILES string of the molecule is CC(Cl)CCN(C)C(=O)c1cc(F)c(F)c(F)c1. The summed E-state index contributed by atoms with van der Waals surface area (Å²) in [6.07, 6.45) is 0.552. The molecule has 0 spiro atoms. The lowest BCUT2D eigenvalue weighted by Gasteiger charge is -2.18. The van der Waals surface area contributed by atoms with Gasteiger partial charge in [0.25, 0.3) is 5.91 Å². The van der Waals surface area contributed by atoms with Gasteiger partial charge in [-0.1, -0.05) is 0 Å². The lowest BCUT2D eigenvalue weighted by atomic mass is 10.1. The van der Waals surface area contributed by atoms with E-state index in [2.05, 4.69) is 0 Å². The van der Waals surface area contributed by atoms with Crippen LogP contribution in [0.15, 0.2) is 12.1 Å². The zero-order valence-corrected chi connectivity index (χ0v) is 10.8. The second kappa shape index (κ2) is 6.09. The highest BCUT2D eigenvalue weighted by Gasteiger charge is 2.17. The van der Waals surface area contributed by atoms with Crippen molar-refractivity contribution in [3.63, 3.8) is 0 Å². The van der Waals surface area contributed by atoms with Gasteiger partial charge in [-0.2, -0.15) is 0 Å². The Kier molecular flexibility index (Phi) is 5.02. The van der Waals surface area contributed by atoms with E-state index >= 15 is 0 Å². The number of hydrogen-bond donors (Lipinski definition) is 0. The number of alkyl halides is 1. The zero-order chi connectivity index (χ0) is 13.9. The van der Waals surface area contributed by atoms with E-state index in [4.69, 9.17) is 11.6 Å². The molecule has 0 saturated heterocycles. The summed E-state index contributed by atoms with van der Waals surface area (Å²) in [5.41, 5.74) is -0.226. The topological polar surface area (TPSA) is 20.3 Å². The Balaban J connectivity index is 2.84. The molecular weight excluding hydrogens is 267 g/mol. The number of halogens is 4. The van der Waals surface area contributed by atoms with Crippen LogP contribution < -0.4 is 0 Å². The first kappa shape index (κ1) is 14.8. The number of carbonyl (C=O) groups excluding carboxylic acids is 1. The van der Waals surface area contributed by atoms with Gasteiger partial charge in [-0.15, -0.1) is 11.6 Å². The Labute approximate surface area is 108 Å². The van der Waals surface area contributed by atoms with Crippen LogP contribution in [0, 0.1) is 17.5 Å². The maximum Gasteiger partial charge on any atom is 0.253 e. The van der Waals surface area contributed by atoms with Gasteiger partial charge in [0.05, 0.1) is 0 Å². The fourth-order valence-corrected chi connectivity index (χ4v) is 1.47. The van der Waals surface area contributed by atoms with Crippen molar-refractivity contribution in [3.8, 4) is 0 Å². The molecule has 6 heteroatoms. The molecule has 1 rings (SSSR count). The Morgan fingerprint density at radius 2 is 1.83 bits per heavy atom. The average molecular weight is 280 g/mol. The molecule has 0 fully saturated rings. The van der Waals surface area contributed by atoms with Crippen LogP contribution in [-0.2, 0) is 0 Å². The van der Waals surface area contributed by atoms with Gasteiger partial charge in [0, 0.05) is 24.5 Å². The molecule has 1 amide bonds. The summed E-state index contributed by atoms with van der Waals surface area (Å²) in [6, 6.07) is 1.36. The van der Waals surface area contributed by atoms with Gasteiger partial charge < -0.3 is 4.90 Å². The lowest BCUT2D eigenvalue weighted by Crippen LogP contribution is -2.29. The van der Waals surface area contributed by atoms with E-state index in [-0.39, 0.29) is 10.9 Å². The van der Waals surface area contributed by atoms with Crippen molar-refractivity contribution >= 4 is 17.5 Å². The Hall–Kier alpha value is -1.23. The maximum atomic E-state index is 13.0. The first-order valence-electron chi connectivity index (χ1n) is 5.37.